The van der Waals surface area contributed by atoms with Crippen molar-refractivity contribution in [3.8, 4) is 5.75 Å². The fraction of sp³-hybridized carbons (Fsp3) is 0.682. The number of alkyl halides is 5. The Hall–Kier alpha value is -1.90. The Labute approximate surface area is 178 Å². The number of ether oxygens (including phenoxy) is 1. The molecule has 0 aromatic heterocycles. The molecule has 2 aliphatic heterocycles. The SMILES string of the molecule is O=C1C[C@@H]2CCN(C3CCC(F)(F)CC3)C[C@@H]2CCOc2ccc(C(F)(F)F)cc2N1. The molecule has 2 heterocycles. The predicted octanol–water partition coefficient (Wildman–Crippen LogP) is 5.33. The molecule has 1 saturated carbocycles. The molecule has 1 N–H and O–H groups in total. The number of rotatable bonds is 1. The van der Waals surface area contributed by atoms with Gasteiger partial charge < -0.3 is 15.0 Å². The third kappa shape index (κ3) is 5.30. The van der Waals surface area contributed by atoms with E-state index in [4.69, 9.17) is 4.74 Å². The van der Waals surface area contributed by atoms with Crippen molar-refractivity contribution in [2.24, 2.45) is 11.8 Å². The maximum atomic E-state index is 13.5. The van der Waals surface area contributed by atoms with Crippen LogP contribution in [0.25, 0.3) is 0 Å². The van der Waals surface area contributed by atoms with Crippen LogP contribution in [0.15, 0.2) is 18.2 Å². The highest BCUT2D eigenvalue weighted by Gasteiger charge is 2.40. The zero-order chi connectivity index (χ0) is 22.2. The monoisotopic (exact) mass is 446 g/mol. The van der Waals surface area contributed by atoms with Crippen molar-refractivity contribution in [1.82, 2.24) is 4.90 Å². The van der Waals surface area contributed by atoms with E-state index in [1.165, 1.54) is 6.07 Å². The summed E-state index contributed by atoms with van der Waals surface area (Å²) in [5, 5.41) is 2.60. The van der Waals surface area contributed by atoms with Crippen LogP contribution in [0.2, 0.25) is 0 Å². The van der Waals surface area contributed by atoms with Crippen molar-refractivity contribution >= 4 is 11.6 Å². The third-order valence-electron chi connectivity index (χ3n) is 6.90. The van der Waals surface area contributed by atoms with Crippen LogP contribution < -0.4 is 10.1 Å². The number of halogens is 5. The molecule has 0 bridgehead atoms. The first-order valence-electron chi connectivity index (χ1n) is 10.9. The molecule has 0 spiro atoms. The summed E-state index contributed by atoms with van der Waals surface area (Å²) in [6.07, 6.45) is -2.03. The number of carbonyl (C=O) groups is 1. The number of nitrogens with zero attached hydrogens (tertiary/aromatic N) is 1. The van der Waals surface area contributed by atoms with Crippen LogP contribution in [0, 0.1) is 11.8 Å². The molecular weight excluding hydrogens is 419 g/mol. The fourth-order valence-corrected chi connectivity index (χ4v) is 5.12. The summed E-state index contributed by atoms with van der Waals surface area (Å²) in [4.78, 5) is 14.9. The van der Waals surface area contributed by atoms with Gasteiger partial charge in [-0.1, -0.05) is 0 Å². The van der Waals surface area contributed by atoms with E-state index in [2.05, 4.69) is 10.2 Å². The first-order valence-corrected chi connectivity index (χ1v) is 10.9. The van der Waals surface area contributed by atoms with Crippen molar-refractivity contribution in [3.05, 3.63) is 23.8 Å². The number of piperidine rings is 1. The van der Waals surface area contributed by atoms with E-state index in [0.29, 0.717) is 25.9 Å². The molecule has 2 atom stereocenters. The number of hydrogen-bond donors (Lipinski definition) is 1. The number of amides is 1. The normalized spacial score (nSPS) is 28.1. The van der Waals surface area contributed by atoms with Gasteiger partial charge >= 0.3 is 6.18 Å². The molecule has 1 aromatic rings. The summed E-state index contributed by atoms with van der Waals surface area (Å²) in [5.41, 5.74) is -0.796. The minimum atomic E-state index is -4.50. The first-order chi connectivity index (χ1) is 14.6. The molecule has 1 aromatic carbocycles. The fourth-order valence-electron chi connectivity index (χ4n) is 5.12. The number of carbonyl (C=O) groups excluding carboxylic acids is 1. The van der Waals surface area contributed by atoms with Crippen LogP contribution in [0.5, 0.6) is 5.75 Å². The Kier molecular flexibility index (Phi) is 6.16. The van der Waals surface area contributed by atoms with Gasteiger partial charge in [0.15, 0.2) is 0 Å². The summed E-state index contributed by atoms with van der Waals surface area (Å²) in [6, 6.07) is 3.24. The van der Waals surface area contributed by atoms with Gasteiger partial charge in [-0.25, -0.2) is 8.78 Å². The van der Waals surface area contributed by atoms with E-state index in [-0.39, 0.29) is 54.5 Å². The van der Waals surface area contributed by atoms with Crippen LogP contribution >= 0.6 is 0 Å². The van der Waals surface area contributed by atoms with Crippen molar-refractivity contribution in [3.63, 3.8) is 0 Å². The Morgan fingerprint density at radius 2 is 1.81 bits per heavy atom. The average Bonchev–Trinajstić information content (AvgIpc) is 2.69. The maximum Gasteiger partial charge on any atom is 0.416 e. The molecule has 3 aliphatic rings. The molecule has 4 rings (SSSR count). The summed E-state index contributed by atoms with van der Waals surface area (Å²) in [5.74, 6) is -2.39. The lowest BCUT2D eigenvalue weighted by molar-refractivity contribution is -0.137. The predicted molar refractivity (Wildman–Crippen MR) is 105 cm³/mol. The van der Waals surface area contributed by atoms with E-state index in [1.54, 1.807) is 0 Å². The van der Waals surface area contributed by atoms with Gasteiger partial charge in [0.05, 0.1) is 17.9 Å². The molecule has 0 unspecified atom stereocenters. The number of likely N-dealkylation sites (tertiary alicyclic amines) is 1. The second-order valence-corrected chi connectivity index (χ2v) is 8.99. The van der Waals surface area contributed by atoms with Gasteiger partial charge in [0.25, 0.3) is 0 Å². The van der Waals surface area contributed by atoms with Gasteiger partial charge in [-0.3, -0.25) is 4.79 Å². The van der Waals surface area contributed by atoms with Gasteiger partial charge in [-0.15, -0.1) is 0 Å². The summed E-state index contributed by atoms with van der Waals surface area (Å²) < 4.78 is 71.9. The van der Waals surface area contributed by atoms with Gasteiger partial charge in [-0.2, -0.15) is 13.2 Å². The molecular formula is C22H27F5N2O2. The highest BCUT2D eigenvalue weighted by Crippen LogP contribution is 2.40. The van der Waals surface area contributed by atoms with Crippen molar-refractivity contribution < 1.29 is 31.5 Å². The highest BCUT2D eigenvalue weighted by atomic mass is 19.4. The zero-order valence-electron chi connectivity index (χ0n) is 17.2. The van der Waals surface area contributed by atoms with Crippen LogP contribution in [-0.4, -0.2) is 42.5 Å². The third-order valence-corrected chi connectivity index (χ3v) is 6.90. The lowest BCUT2D eigenvalue weighted by Gasteiger charge is -2.44. The summed E-state index contributed by atoms with van der Waals surface area (Å²) in [6.45, 7) is 1.81. The van der Waals surface area contributed by atoms with E-state index in [1.807, 2.05) is 0 Å². The largest absolute Gasteiger partial charge is 0.491 e. The first kappa shape index (κ1) is 22.3. The minimum absolute atomic E-state index is 0.0406. The van der Waals surface area contributed by atoms with Crippen LogP contribution in [-0.2, 0) is 11.0 Å². The molecule has 4 nitrogen and oxygen atoms in total. The number of hydrogen-bond acceptors (Lipinski definition) is 3. The molecule has 0 radical (unpaired) electrons. The smallest absolute Gasteiger partial charge is 0.416 e. The number of nitrogens with one attached hydrogen (secondary N) is 1. The van der Waals surface area contributed by atoms with Gasteiger partial charge in [0, 0.05) is 31.8 Å². The summed E-state index contributed by atoms with van der Waals surface area (Å²) >= 11 is 0. The lowest BCUT2D eigenvalue weighted by atomic mass is 9.79. The topological polar surface area (TPSA) is 41.6 Å². The lowest BCUT2D eigenvalue weighted by Crippen LogP contribution is -2.49. The van der Waals surface area contributed by atoms with E-state index in [0.717, 1.165) is 31.6 Å². The quantitative estimate of drug-likeness (QED) is 0.593. The van der Waals surface area contributed by atoms with Crippen LogP contribution in [0.3, 0.4) is 0 Å². The van der Waals surface area contributed by atoms with Crippen LogP contribution in [0.1, 0.15) is 50.5 Å². The Balaban J connectivity index is 1.44. The zero-order valence-corrected chi connectivity index (χ0v) is 17.2. The standard InChI is InChI=1S/C22H27F5N2O2/c23-21(24)7-3-17(4-8-21)29-9-5-14-11-20(30)28-18-12-16(22(25,26)27)1-2-19(18)31-10-6-15(14)13-29/h1-2,12,14-15,17H,3-11,13H2,(H,28,30)/t14-,15-/m0/s1. The van der Waals surface area contributed by atoms with Gasteiger partial charge in [0.1, 0.15) is 5.75 Å². The van der Waals surface area contributed by atoms with Crippen molar-refractivity contribution in [2.75, 3.05) is 25.0 Å². The van der Waals surface area contributed by atoms with Crippen molar-refractivity contribution in [2.45, 2.75) is 63.1 Å². The molecule has 1 aliphatic carbocycles. The number of anilines is 1. The molecule has 1 saturated heterocycles. The van der Waals surface area contributed by atoms with E-state index >= 15 is 0 Å². The van der Waals surface area contributed by atoms with Crippen molar-refractivity contribution in [1.29, 1.82) is 0 Å². The Morgan fingerprint density at radius 3 is 2.52 bits per heavy atom. The maximum absolute atomic E-state index is 13.5. The average molecular weight is 446 g/mol. The second-order valence-electron chi connectivity index (χ2n) is 8.99. The summed E-state index contributed by atoms with van der Waals surface area (Å²) in [7, 11) is 0. The molecule has 31 heavy (non-hydrogen) atoms. The Bertz CT molecular complexity index is 804. The van der Waals surface area contributed by atoms with E-state index < -0.39 is 17.7 Å². The molecule has 9 heteroatoms. The second kappa shape index (κ2) is 8.56. The van der Waals surface area contributed by atoms with Crippen LogP contribution in [0.4, 0.5) is 27.6 Å². The molecule has 1 amide bonds. The van der Waals surface area contributed by atoms with E-state index in [9.17, 15) is 26.7 Å². The highest BCUT2D eigenvalue weighted by molar-refractivity contribution is 5.92. The molecule has 2 fully saturated rings. The minimum Gasteiger partial charge on any atom is -0.491 e. The number of benzene rings is 1. The molecule has 172 valence electrons. The Morgan fingerprint density at radius 1 is 1.06 bits per heavy atom. The van der Waals surface area contributed by atoms with Gasteiger partial charge in [-0.05, 0) is 62.3 Å². The van der Waals surface area contributed by atoms with Gasteiger partial charge in [0.2, 0.25) is 11.8 Å². The number of fused-ring (bicyclic) bond motifs is 2.